The van der Waals surface area contributed by atoms with Gasteiger partial charge in [0.1, 0.15) is 5.78 Å². The van der Waals surface area contributed by atoms with Crippen LogP contribution in [0.3, 0.4) is 0 Å². The molecule has 0 N–H and O–H groups in total. The molecule has 0 aliphatic heterocycles. The third-order valence-electron chi connectivity index (χ3n) is 8.23. The maximum atomic E-state index is 12.4. The van der Waals surface area contributed by atoms with Crippen molar-refractivity contribution in [3.05, 3.63) is 12.7 Å². The number of hydrogen-bond donors (Lipinski definition) is 0. The normalized spacial score (nSPS) is 50.9. The van der Waals surface area contributed by atoms with Crippen molar-refractivity contribution < 1.29 is 4.79 Å². The van der Waals surface area contributed by atoms with Crippen LogP contribution in [0, 0.1) is 40.9 Å². The lowest BCUT2D eigenvalue weighted by atomic mass is 9.50. The van der Waals surface area contributed by atoms with Gasteiger partial charge >= 0.3 is 0 Å². The zero-order chi connectivity index (χ0) is 15.3. The highest BCUT2D eigenvalue weighted by Gasteiger charge is 2.54. The quantitative estimate of drug-likeness (QED) is 0.624. The fourth-order valence-corrected chi connectivity index (χ4v) is 7.16. The van der Waals surface area contributed by atoms with Crippen LogP contribution in [-0.4, -0.2) is 5.78 Å². The first-order valence-corrected chi connectivity index (χ1v) is 9.76. The average Bonchev–Trinajstić information content (AvgIpc) is 2.90. The first-order chi connectivity index (χ1) is 10.6. The van der Waals surface area contributed by atoms with E-state index in [1.54, 1.807) is 0 Å². The van der Waals surface area contributed by atoms with Crippen LogP contribution in [0.4, 0.5) is 0 Å². The van der Waals surface area contributed by atoms with Crippen molar-refractivity contribution in [2.45, 2.75) is 71.1 Å². The van der Waals surface area contributed by atoms with Gasteiger partial charge in [-0.1, -0.05) is 19.4 Å². The van der Waals surface area contributed by atoms with Gasteiger partial charge in [-0.05, 0) is 86.4 Å². The molecule has 4 saturated carbocycles. The van der Waals surface area contributed by atoms with Crippen LogP contribution in [-0.2, 0) is 4.79 Å². The van der Waals surface area contributed by atoms with Gasteiger partial charge in [0.25, 0.3) is 0 Å². The molecule has 0 saturated heterocycles. The first-order valence-electron chi connectivity index (χ1n) is 9.76. The van der Waals surface area contributed by atoms with Gasteiger partial charge in [-0.15, -0.1) is 6.58 Å². The van der Waals surface area contributed by atoms with Gasteiger partial charge in [-0.3, -0.25) is 4.79 Å². The summed E-state index contributed by atoms with van der Waals surface area (Å²) in [6.45, 7) is 6.46. The highest BCUT2D eigenvalue weighted by molar-refractivity contribution is 5.82. The van der Waals surface area contributed by atoms with Gasteiger partial charge in [0.15, 0.2) is 0 Å². The molecular formula is C21H32O. The minimum Gasteiger partial charge on any atom is -0.299 e. The van der Waals surface area contributed by atoms with Crippen LogP contribution in [0.25, 0.3) is 0 Å². The molecule has 4 fully saturated rings. The molecule has 7 atom stereocenters. The number of ketones is 1. The summed E-state index contributed by atoms with van der Waals surface area (Å²) in [4.78, 5) is 12.4. The maximum Gasteiger partial charge on any atom is 0.136 e. The van der Waals surface area contributed by atoms with Crippen molar-refractivity contribution in [3.63, 3.8) is 0 Å². The molecule has 4 rings (SSSR count). The zero-order valence-corrected chi connectivity index (χ0v) is 14.2. The second-order valence-electron chi connectivity index (χ2n) is 9.15. The summed E-state index contributed by atoms with van der Waals surface area (Å²) < 4.78 is 0. The molecule has 122 valence electrons. The summed E-state index contributed by atoms with van der Waals surface area (Å²) in [6, 6.07) is 0. The zero-order valence-electron chi connectivity index (χ0n) is 14.2. The van der Waals surface area contributed by atoms with E-state index in [1.807, 2.05) is 6.08 Å². The van der Waals surface area contributed by atoms with Gasteiger partial charge in [-0.25, -0.2) is 0 Å². The minimum absolute atomic E-state index is 0.300. The summed E-state index contributed by atoms with van der Waals surface area (Å²) in [7, 11) is 0. The Morgan fingerprint density at radius 2 is 2.00 bits per heavy atom. The molecule has 0 aromatic rings. The number of rotatable bonds is 2. The van der Waals surface area contributed by atoms with Crippen molar-refractivity contribution in [2.24, 2.45) is 40.9 Å². The molecule has 2 unspecified atom stereocenters. The van der Waals surface area contributed by atoms with E-state index < -0.39 is 0 Å². The molecule has 4 aliphatic rings. The molecule has 0 aromatic heterocycles. The van der Waals surface area contributed by atoms with Gasteiger partial charge in [0, 0.05) is 12.3 Å². The number of carbonyl (C=O) groups is 1. The summed E-state index contributed by atoms with van der Waals surface area (Å²) in [5.74, 6) is 5.35. The highest BCUT2D eigenvalue weighted by Crippen LogP contribution is 2.62. The van der Waals surface area contributed by atoms with E-state index in [4.69, 9.17) is 0 Å². The Bertz CT molecular complexity index is 467. The lowest BCUT2D eigenvalue weighted by Crippen LogP contribution is -2.48. The van der Waals surface area contributed by atoms with Crippen molar-refractivity contribution in [2.75, 3.05) is 0 Å². The van der Waals surface area contributed by atoms with E-state index in [9.17, 15) is 4.79 Å². The predicted octanol–water partition coefficient (Wildman–Crippen LogP) is 5.40. The summed E-state index contributed by atoms with van der Waals surface area (Å²) in [5.41, 5.74) is 0.666. The van der Waals surface area contributed by atoms with Crippen molar-refractivity contribution in [1.82, 2.24) is 0 Å². The third kappa shape index (κ3) is 2.22. The summed E-state index contributed by atoms with van der Waals surface area (Å²) in [5, 5.41) is 0. The standard InChI is InChI=1S/C21H32O/c1-3-5-15-12-18-14(13-20(15)22)7-8-17-16(18)9-11-21(2)10-4-6-19(17)21/h3,14-19H,1,4-13H2,2H3/t14?,15?,16-,17+,18-,19-,21-/m0/s1. The second-order valence-corrected chi connectivity index (χ2v) is 9.15. The number of hydrogen-bond acceptors (Lipinski definition) is 1. The molecule has 0 amide bonds. The Morgan fingerprint density at radius 3 is 2.82 bits per heavy atom. The summed E-state index contributed by atoms with van der Waals surface area (Å²) in [6.07, 6.45) is 15.1. The fourth-order valence-electron chi connectivity index (χ4n) is 7.16. The fraction of sp³-hybridized carbons (Fsp3) is 0.857. The van der Waals surface area contributed by atoms with Crippen molar-refractivity contribution >= 4 is 5.78 Å². The smallest absolute Gasteiger partial charge is 0.136 e. The molecule has 1 nitrogen and oxygen atoms in total. The Kier molecular flexibility index (Phi) is 3.74. The largest absolute Gasteiger partial charge is 0.299 e. The topological polar surface area (TPSA) is 17.1 Å². The maximum absolute atomic E-state index is 12.4. The average molecular weight is 300 g/mol. The van der Waals surface area contributed by atoms with Gasteiger partial charge in [-0.2, -0.15) is 0 Å². The lowest BCUT2D eigenvalue weighted by molar-refractivity contribution is -0.133. The molecule has 0 bridgehead atoms. The second kappa shape index (κ2) is 5.49. The monoisotopic (exact) mass is 300 g/mol. The van der Waals surface area contributed by atoms with Crippen LogP contribution < -0.4 is 0 Å². The molecule has 0 heterocycles. The Labute approximate surface area is 135 Å². The van der Waals surface area contributed by atoms with E-state index >= 15 is 0 Å². The van der Waals surface area contributed by atoms with Crippen LogP contribution in [0.15, 0.2) is 12.7 Å². The molecule has 0 radical (unpaired) electrons. The predicted molar refractivity (Wildman–Crippen MR) is 90.4 cm³/mol. The Balaban J connectivity index is 1.55. The van der Waals surface area contributed by atoms with E-state index in [1.165, 1.54) is 51.4 Å². The van der Waals surface area contributed by atoms with Gasteiger partial charge < -0.3 is 0 Å². The molecule has 1 heteroatoms. The number of fused-ring (bicyclic) bond motifs is 5. The third-order valence-corrected chi connectivity index (χ3v) is 8.23. The van der Waals surface area contributed by atoms with Gasteiger partial charge in [0.2, 0.25) is 0 Å². The number of carbonyl (C=O) groups excluding carboxylic acids is 1. The van der Waals surface area contributed by atoms with Crippen LogP contribution in [0.1, 0.15) is 71.1 Å². The van der Waals surface area contributed by atoms with Crippen LogP contribution in [0.5, 0.6) is 0 Å². The van der Waals surface area contributed by atoms with E-state index in [0.29, 0.717) is 17.1 Å². The van der Waals surface area contributed by atoms with Crippen LogP contribution >= 0.6 is 0 Å². The van der Waals surface area contributed by atoms with E-state index in [-0.39, 0.29) is 0 Å². The van der Waals surface area contributed by atoms with Gasteiger partial charge in [0.05, 0.1) is 0 Å². The first kappa shape index (κ1) is 15.0. The highest BCUT2D eigenvalue weighted by atomic mass is 16.1. The molecule has 4 aliphatic carbocycles. The molecular weight excluding hydrogens is 268 g/mol. The number of Topliss-reactive ketones (excluding diaryl/α,β-unsaturated/α-hetero) is 1. The lowest BCUT2D eigenvalue weighted by Gasteiger charge is -2.55. The molecule has 0 aromatic carbocycles. The SMILES string of the molecule is C=CCC1C[C@H]2C(CC[C@@H]3[C@@H]2CC[C@]2(C)CCC[C@@H]32)CC1=O. The molecule has 22 heavy (non-hydrogen) atoms. The summed E-state index contributed by atoms with van der Waals surface area (Å²) >= 11 is 0. The van der Waals surface area contributed by atoms with E-state index in [2.05, 4.69) is 13.5 Å². The Morgan fingerprint density at radius 1 is 1.14 bits per heavy atom. The van der Waals surface area contributed by atoms with Crippen molar-refractivity contribution in [3.8, 4) is 0 Å². The number of allylic oxidation sites excluding steroid dienone is 1. The van der Waals surface area contributed by atoms with Crippen LogP contribution in [0.2, 0.25) is 0 Å². The molecule has 0 spiro atoms. The Hall–Kier alpha value is -0.590. The minimum atomic E-state index is 0.300. The van der Waals surface area contributed by atoms with Crippen molar-refractivity contribution in [1.29, 1.82) is 0 Å². The van der Waals surface area contributed by atoms with E-state index in [0.717, 1.165) is 42.4 Å².